The number of nitrogens with one attached hydrogen (secondary N) is 3. The number of anilines is 2. The molecule has 3 N–H and O–H groups in total. The van der Waals surface area contributed by atoms with Crippen LogP contribution in [0.3, 0.4) is 0 Å². The van der Waals surface area contributed by atoms with Gasteiger partial charge in [-0.25, -0.2) is 4.79 Å². The first kappa shape index (κ1) is 33.7. The van der Waals surface area contributed by atoms with Gasteiger partial charge < -0.3 is 25.1 Å². The summed E-state index contributed by atoms with van der Waals surface area (Å²) in [4.78, 5) is 54.5. The molecule has 0 saturated carbocycles. The lowest BCUT2D eigenvalue weighted by Gasteiger charge is -2.14. The number of rotatable bonds is 11. The van der Waals surface area contributed by atoms with Crippen LogP contribution in [0.5, 0.6) is 0 Å². The summed E-state index contributed by atoms with van der Waals surface area (Å²) in [5, 5.41) is 8.56. The smallest absolute Gasteiger partial charge is 0.341 e. The summed E-state index contributed by atoms with van der Waals surface area (Å²) < 4.78 is 10.8. The average Bonchev–Trinajstić information content (AvgIpc) is 3.68. The van der Waals surface area contributed by atoms with Crippen LogP contribution in [0.15, 0.2) is 88.0 Å². The van der Waals surface area contributed by atoms with E-state index >= 15 is 0 Å². The van der Waals surface area contributed by atoms with E-state index in [4.69, 9.17) is 9.15 Å². The van der Waals surface area contributed by atoms with E-state index in [0.29, 0.717) is 27.6 Å². The summed E-state index contributed by atoms with van der Waals surface area (Å²) in [6.07, 6.45) is 8.96. The third-order valence-corrected chi connectivity index (χ3v) is 9.82. The van der Waals surface area contributed by atoms with Gasteiger partial charge in [0.1, 0.15) is 16.5 Å². The molecule has 5 rings (SSSR count). The van der Waals surface area contributed by atoms with Gasteiger partial charge in [0, 0.05) is 27.1 Å². The van der Waals surface area contributed by atoms with E-state index in [2.05, 4.69) is 16.0 Å². The number of benzene rings is 2. The van der Waals surface area contributed by atoms with Crippen molar-refractivity contribution in [3.8, 4) is 0 Å². The maximum absolute atomic E-state index is 13.4. The predicted octanol–water partition coefficient (Wildman–Crippen LogP) is 7.71. The SMILES string of the molecule is CCOC(=O)c1c(NC(=O)C(C)Sc2cccc(NC(=O)/C(=C/c3ccco3)NC(=O)c3ccccc3)c2)sc2c1CCCCCC2. The molecular formula is C36H37N3O6S2. The fourth-order valence-electron chi connectivity index (χ4n) is 5.20. The number of fused-ring (bicyclic) bond motifs is 1. The topological polar surface area (TPSA) is 127 Å². The lowest BCUT2D eigenvalue weighted by Crippen LogP contribution is -2.30. The Morgan fingerprint density at radius 3 is 2.49 bits per heavy atom. The van der Waals surface area contributed by atoms with Crippen molar-refractivity contribution in [3.05, 3.63) is 106 Å². The first-order valence-electron chi connectivity index (χ1n) is 15.6. The Morgan fingerprint density at radius 2 is 1.74 bits per heavy atom. The van der Waals surface area contributed by atoms with Crippen molar-refractivity contribution in [2.45, 2.75) is 62.5 Å². The molecule has 0 saturated heterocycles. The van der Waals surface area contributed by atoms with Crippen LogP contribution in [0.4, 0.5) is 10.7 Å². The molecule has 0 aliphatic heterocycles. The Bertz CT molecular complexity index is 1750. The minimum absolute atomic E-state index is 0.00191. The molecule has 9 nitrogen and oxygen atoms in total. The number of thioether (sulfide) groups is 1. The van der Waals surface area contributed by atoms with Gasteiger partial charge in [0.25, 0.3) is 11.8 Å². The second-order valence-electron chi connectivity index (χ2n) is 11.0. The summed E-state index contributed by atoms with van der Waals surface area (Å²) in [6, 6.07) is 19.1. The van der Waals surface area contributed by atoms with Gasteiger partial charge in [0.05, 0.1) is 23.7 Å². The Labute approximate surface area is 282 Å². The van der Waals surface area contributed by atoms with E-state index in [0.717, 1.165) is 53.9 Å². The van der Waals surface area contributed by atoms with E-state index in [1.54, 1.807) is 74.5 Å². The molecule has 0 radical (unpaired) electrons. The second-order valence-corrected chi connectivity index (χ2v) is 13.5. The van der Waals surface area contributed by atoms with Gasteiger partial charge in [-0.1, -0.05) is 37.1 Å². The molecule has 0 spiro atoms. The lowest BCUT2D eigenvalue weighted by molar-refractivity contribution is -0.115. The van der Waals surface area contributed by atoms with Crippen LogP contribution in [-0.4, -0.2) is 35.5 Å². The number of esters is 1. The molecule has 2 aromatic heterocycles. The number of hydrogen-bond donors (Lipinski definition) is 3. The molecule has 4 aromatic rings. The molecule has 0 bridgehead atoms. The van der Waals surface area contributed by atoms with Crippen LogP contribution < -0.4 is 16.0 Å². The third-order valence-electron chi connectivity index (χ3n) is 7.52. The summed E-state index contributed by atoms with van der Waals surface area (Å²) in [6.45, 7) is 3.83. The number of carbonyl (C=O) groups excluding carboxylic acids is 4. The zero-order valence-electron chi connectivity index (χ0n) is 26.3. The number of furan rings is 1. The van der Waals surface area contributed by atoms with Crippen LogP contribution in [-0.2, 0) is 27.2 Å². The summed E-state index contributed by atoms with van der Waals surface area (Å²) in [5.41, 5.74) is 2.38. The molecule has 3 amide bonds. The first-order chi connectivity index (χ1) is 22.8. The van der Waals surface area contributed by atoms with Gasteiger partial charge in [-0.3, -0.25) is 14.4 Å². The molecule has 47 heavy (non-hydrogen) atoms. The molecule has 2 aromatic carbocycles. The Hall–Kier alpha value is -4.61. The van der Waals surface area contributed by atoms with Crippen molar-refractivity contribution < 1.29 is 28.3 Å². The highest BCUT2D eigenvalue weighted by Crippen LogP contribution is 2.38. The molecule has 1 aliphatic rings. The van der Waals surface area contributed by atoms with E-state index in [9.17, 15) is 19.2 Å². The van der Waals surface area contributed by atoms with Crippen molar-refractivity contribution >= 4 is 63.6 Å². The highest BCUT2D eigenvalue weighted by Gasteiger charge is 2.27. The van der Waals surface area contributed by atoms with E-state index in [1.165, 1.54) is 35.4 Å². The third kappa shape index (κ3) is 9.02. The normalized spacial score (nSPS) is 13.8. The van der Waals surface area contributed by atoms with Crippen LogP contribution in [0.2, 0.25) is 0 Å². The zero-order chi connectivity index (χ0) is 33.2. The van der Waals surface area contributed by atoms with E-state index < -0.39 is 23.0 Å². The maximum Gasteiger partial charge on any atom is 0.341 e. The maximum atomic E-state index is 13.4. The van der Waals surface area contributed by atoms with Crippen molar-refractivity contribution in [2.24, 2.45) is 0 Å². The van der Waals surface area contributed by atoms with E-state index in [-0.39, 0.29) is 18.2 Å². The second kappa shape index (κ2) is 16.3. The molecule has 2 heterocycles. The first-order valence-corrected chi connectivity index (χ1v) is 17.3. The molecule has 11 heteroatoms. The van der Waals surface area contributed by atoms with E-state index in [1.807, 2.05) is 6.07 Å². The zero-order valence-corrected chi connectivity index (χ0v) is 27.9. The molecular weight excluding hydrogens is 635 g/mol. The Morgan fingerprint density at radius 1 is 0.957 bits per heavy atom. The van der Waals surface area contributed by atoms with Gasteiger partial charge in [0.2, 0.25) is 5.91 Å². The minimum atomic E-state index is -0.543. The highest BCUT2D eigenvalue weighted by molar-refractivity contribution is 8.00. The molecule has 1 aliphatic carbocycles. The van der Waals surface area contributed by atoms with Crippen LogP contribution >= 0.6 is 23.1 Å². The standard InChI is InChI=1S/C36H37N3O6S2/c1-3-44-36(43)31-28-18-9-4-5-10-19-30(28)47-35(31)39-32(40)23(2)46-27-17-11-15-25(21-27)37-34(42)29(22-26-16-12-20-45-26)38-33(41)24-13-7-6-8-14-24/h6-8,11-17,20-23H,3-5,9-10,18-19H2,1-2H3,(H,37,42)(H,38,41)(H,39,40)/b29-22-. The highest BCUT2D eigenvalue weighted by atomic mass is 32.2. The van der Waals surface area contributed by atoms with Crippen LogP contribution in [0.1, 0.15) is 76.4 Å². The largest absolute Gasteiger partial charge is 0.465 e. The summed E-state index contributed by atoms with van der Waals surface area (Å²) in [7, 11) is 0. The van der Waals surface area contributed by atoms with Crippen molar-refractivity contribution in [2.75, 3.05) is 17.2 Å². The van der Waals surface area contributed by atoms with Gasteiger partial charge in [-0.15, -0.1) is 23.1 Å². The number of aryl methyl sites for hydroxylation is 1. The number of carbonyl (C=O) groups is 4. The predicted molar refractivity (Wildman–Crippen MR) is 186 cm³/mol. The van der Waals surface area contributed by atoms with Gasteiger partial charge >= 0.3 is 5.97 Å². The Kier molecular flexibility index (Phi) is 11.7. The molecule has 244 valence electrons. The molecule has 1 unspecified atom stereocenters. The fraction of sp³-hybridized carbons (Fsp3) is 0.278. The Balaban J connectivity index is 1.28. The van der Waals surface area contributed by atoms with Crippen molar-refractivity contribution in [3.63, 3.8) is 0 Å². The quantitative estimate of drug-likeness (QED) is 0.0847. The number of ether oxygens (including phenoxy) is 1. The monoisotopic (exact) mass is 671 g/mol. The average molecular weight is 672 g/mol. The number of hydrogen-bond acceptors (Lipinski definition) is 8. The van der Waals surface area contributed by atoms with Crippen LogP contribution in [0, 0.1) is 0 Å². The van der Waals surface area contributed by atoms with Gasteiger partial charge in [-0.05, 0) is 87.6 Å². The summed E-state index contributed by atoms with van der Waals surface area (Å²) >= 11 is 2.80. The lowest BCUT2D eigenvalue weighted by atomic mass is 9.96. The van der Waals surface area contributed by atoms with Crippen molar-refractivity contribution in [1.29, 1.82) is 0 Å². The van der Waals surface area contributed by atoms with Gasteiger partial charge in [-0.2, -0.15) is 0 Å². The van der Waals surface area contributed by atoms with Gasteiger partial charge in [0.15, 0.2) is 0 Å². The molecule has 0 fully saturated rings. The molecule has 1 atom stereocenters. The van der Waals surface area contributed by atoms with Crippen LogP contribution in [0.25, 0.3) is 6.08 Å². The fourth-order valence-corrected chi connectivity index (χ4v) is 7.41. The number of amides is 3. The van der Waals surface area contributed by atoms with Crippen molar-refractivity contribution in [1.82, 2.24) is 5.32 Å². The number of thiophene rings is 1. The summed E-state index contributed by atoms with van der Waals surface area (Å²) in [5.74, 6) is -1.22. The minimum Gasteiger partial charge on any atom is -0.465 e.